The predicted octanol–water partition coefficient (Wildman–Crippen LogP) is 0.401. The molecule has 0 unspecified atom stereocenters. The van der Waals surface area contributed by atoms with Gasteiger partial charge in [-0.05, 0) is 0 Å². The Hall–Kier alpha value is -2.00. The number of amides is 4. The second kappa shape index (κ2) is 7.51. The van der Waals surface area contributed by atoms with Gasteiger partial charge in [0.15, 0.2) is 0 Å². The molecule has 0 saturated carbocycles. The van der Waals surface area contributed by atoms with Crippen LogP contribution in [-0.2, 0) is 20.9 Å². The summed E-state index contributed by atoms with van der Waals surface area (Å²) in [4.78, 5) is 44.6. The number of carbonyl (C=O) groups is 3. The molecular formula is C14H20N4O4S. The smallest absolute Gasteiger partial charge is 0.326 e. The Balaban J connectivity index is 2.05. The van der Waals surface area contributed by atoms with E-state index in [1.807, 2.05) is 5.38 Å². The molecule has 1 aliphatic rings. The summed E-state index contributed by atoms with van der Waals surface area (Å²) in [6.07, 6.45) is 1.64. The van der Waals surface area contributed by atoms with Crippen molar-refractivity contribution in [1.29, 1.82) is 0 Å². The molecule has 0 aliphatic carbocycles. The van der Waals surface area contributed by atoms with E-state index in [0.29, 0.717) is 19.7 Å². The largest absolute Gasteiger partial charge is 0.383 e. The Kier molecular flexibility index (Phi) is 5.67. The molecule has 0 bridgehead atoms. The first-order valence-corrected chi connectivity index (χ1v) is 8.03. The number of imide groups is 1. The lowest BCUT2D eigenvalue weighted by molar-refractivity contribution is -0.137. The fourth-order valence-corrected chi connectivity index (χ4v) is 2.99. The number of nitrogens with zero attached hydrogens (tertiary/aromatic N) is 4. The van der Waals surface area contributed by atoms with Gasteiger partial charge in [0, 0.05) is 39.3 Å². The van der Waals surface area contributed by atoms with Gasteiger partial charge in [0.25, 0.3) is 5.91 Å². The topological polar surface area (TPSA) is 83.0 Å². The van der Waals surface area contributed by atoms with Crippen molar-refractivity contribution in [2.24, 2.45) is 0 Å². The maximum absolute atomic E-state index is 12.6. The van der Waals surface area contributed by atoms with Gasteiger partial charge in [-0.15, -0.1) is 11.3 Å². The van der Waals surface area contributed by atoms with Crippen LogP contribution < -0.4 is 0 Å². The average Bonchev–Trinajstić information content (AvgIpc) is 3.11. The molecule has 0 radical (unpaired) electrons. The number of hydrogen-bond donors (Lipinski definition) is 0. The highest BCUT2D eigenvalue weighted by atomic mass is 32.1. The van der Waals surface area contributed by atoms with Crippen LogP contribution in [0.25, 0.3) is 0 Å². The van der Waals surface area contributed by atoms with E-state index in [9.17, 15) is 14.4 Å². The van der Waals surface area contributed by atoms with Crippen molar-refractivity contribution < 1.29 is 19.1 Å². The molecule has 23 heavy (non-hydrogen) atoms. The summed E-state index contributed by atoms with van der Waals surface area (Å²) in [6, 6.07) is -1.14. The molecule has 4 amide bonds. The van der Waals surface area contributed by atoms with Crippen LogP contribution in [0.15, 0.2) is 11.6 Å². The number of carbonyl (C=O) groups excluding carboxylic acids is 3. The van der Waals surface area contributed by atoms with E-state index < -0.39 is 12.1 Å². The zero-order chi connectivity index (χ0) is 17.0. The number of rotatable bonds is 7. The minimum atomic E-state index is -0.749. The Morgan fingerprint density at radius 2 is 2.17 bits per heavy atom. The lowest BCUT2D eigenvalue weighted by Crippen LogP contribution is -2.40. The van der Waals surface area contributed by atoms with Crippen LogP contribution in [0.4, 0.5) is 4.79 Å². The molecule has 0 spiro atoms. The fraction of sp³-hybridized carbons (Fsp3) is 0.571. The van der Waals surface area contributed by atoms with Crippen molar-refractivity contribution in [3.63, 3.8) is 0 Å². The van der Waals surface area contributed by atoms with E-state index in [0.717, 1.165) is 9.91 Å². The van der Waals surface area contributed by atoms with Crippen molar-refractivity contribution in [2.45, 2.75) is 19.0 Å². The molecule has 1 atom stereocenters. The first kappa shape index (κ1) is 17.4. The number of hydrogen-bond acceptors (Lipinski definition) is 6. The summed E-state index contributed by atoms with van der Waals surface area (Å²) in [5, 5.41) is 2.66. The second-order valence-corrected chi connectivity index (χ2v) is 6.22. The molecule has 1 fully saturated rings. The summed E-state index contributed by atoms with van der Waals surface area (Å²) >= 11 is 1.46. The maximum Gasteiger partial charge on any atom is 0.326 e. The van der Waals surface area contributed by atoms with Crippen LogP contribution in [0.5, 0.6) is 0 Å². The number of methoxy groups -OCH3 is 1. The zero-order valence-corrected chi connectivity index (χ0v) is 14.2. The quantitative estimate of drug-likeness (QED) is 0.671. The molecule has 1 saturated heterocycles. The van der Waals surface area contributed by atoms with Gasteiger partial charge in [0.1, 0.15) is 11.0 Å². The molecule has 8 nitrogen and oxygen atoms in total. The number of aromatic nitrogens is 1. The predicted molar refractivity (Wildman–Crippen MR) is 83.7 cm³/mol. The summed E-state index contributed by atoms with van der Waals surface area (Å²) < 4.78 is 5.04. The average molecular weight is 340 g/mol. The van der Waals surface area contributed by atoms with Crippen LogP contribution in [0, 0.1) is 0 Å². The van der Waals surface area contributed by atoms with Crippen LogP contribution in [-0.4, -0.2) is 77.9 Å². The van der Waals surface area contributed by atoms with E-state index in [1.165, 1.54) is 30.3 Å². The van der Waals surface area contributed by atoms with Gasteiger partial charge in [-0.3, -0.25) is 14.5 Å². The molecule has 2 heterocycles. The van der Waals surface area contributed by atoms with E-state index in [2.05, 4.69) is 4.98 Å². The number of thiazole rings is 1. The molecule has 2 rings (SSSR count). The molecule has 0 aromatic carbocycles. The van der Waals surface area contributed by atoms with Crippen molar-refractivity contribution >= 4 is 29.2 Å². The molecule has 126 valence electrons. The Morgan fingerprint density at radius 3 is 2.70 bits per heavy atom. The molecule has 9 heteroatoms. The third-order valence-electron chi connectivity index (χ3n) is 3.77. The van der Waals surface area contributed by atoms with Crippen LogP contribution in [0.2, 0.25) is 0 Å². The van der Waals surface area contributed by atoms with Gasteiger partial charge in [0.05, 0.1) is 19.6 Å². The molecule has 0 N–H and O–H groups in total. The number of urea groups is 1. The second-order valence-electron chi connectivity index (χ2n) is 5.24. The van der Waals surface area contributed by atoms with Crippen LogP contribution >= 0.6 is 11.3 Å². The van der Waals surface area contributed by atoms with Crippen molar-refractivity contribution in [1.82, 2.24) is 19.7 Å². The summed E-state index contributed by atoms with van der Waals surface area (Å²) in [5.41, 5.74) is 0. The molecule has 1 aromatic heterocycles. The van der Waals surface area contributed by atoms with E-state index in [4.69, 9.17) is 4.74 Å². The third kappa shape index (κ3) is 3.85. The van der Waals surface area contributed by atoms with E-state index in [-0.39, 0.29) is 18.2 Å². The first-order chi connectivity index (χ1) is 11.0. The Labute approximate surface area is 138 Å². The lowest BCUT2D eigenvalue weighted by atomic mass is 10.1. The van der Waals surface area contributed by atoms with Crippen molar-refractivity contribution in [2.75, 3.05) is 34.4 Å². The lowest BCUT2D eigenvalue weighted by Gasteiger charge is -2.24. The normalized spacial score (nSPS) is 18.0. The highest BCUT2D eigenvalue weighted by molar-refractivity contribution is 7.09. The number of likely N-dealkylation sites (N-methyl/N-ethyl adjacent to an activating group) is 2. The standard InChI is InChI=1S/C14H20N4O4S/c1-16-10(13(20)17(2)14(16)21)8-12(19)18(5-6-22-3)9-11-15-4-7-23-11/h4,7,10H,5-6,8-9H2,1-3H3/t10-/m0/s1. The van der Waals surface area contributed by atoms with Gasteiger partial charge in [-0.2, -0.15) is 0 Å². The van der Waals surface area contributed by atoms with Crippen molar-refractivity contribution in [3.05, 3.63) is 16.6 Å². The fourth-order valence-electron chi connectivity index (χ4n) is 2.36. The van der Waals surface area contributed by atoms with E-state index in [1.54, 1.807) is 18.2 Å². The van der Waals surface area contributed by atoms with Crippen LogP contribution in [0.1, 0.15) is 11.4 Å². The van der Waals surface area contributed by atoms with Crippen LogP contribution in [0.3, 0.4) is 0 Å². The summed E-state index contributed by atoms with van der Waals surface area (Å²) in [7, 11) is 4.51. The minimum absolute atomic E-state index is 0.0412. The molecular weight excluding hydrogens is 320 g/mol. The number of ether oxygens (including phenoxy) is 1. The highest BCUT2D eigenvalue weighted by Crippen LogP contribution is 2.18. The van der Waals surface area contributed by atoms with Gasteiger partial charge in [-0.1, -0.05) is 0 Å². The highest BCUT2D eigenvalue weighted by Gasteiger charge is 2.42. The third-order valence-corrected chi connectivity index (χ3v) is 4.53. The monoisotopic (exact) mass is 340 g/mol. The first-order valence-electron chi connectivity index (χ1n) is 7.15. The zero-order valence-electron chi connectivity index (χ0n) is 13.4. The Bertz CT molecular complexity index is 577. The van der Waals surface area contributed by atoms with Gasteiger partial charge in [-0.25, -0.2) is 9.78 Å². The molecule has 1 aliphatic heterocycles. The van der Waals surface area contributed by atoms with E-state index >= 15 is 0 Å². The summed E-state index contributed by atoms with van der Waals surface area (Å²) in [6.45, 7) is 1.17. The van der Waals surface area contributed by atoms with Gasteiger partial charge >= 0.3 is 6.03 Å². The Morgan fingerprint density at radius 1 is 1.43 bits per heavy atom. The van der Waals surface area contributed by atoms with Gasteiger partial charge in [0.2, 0.25) is 5.91 Å². The van der Waals surface area contributed by atoms with Crippen molar-refractivity contribution in [3.8, 4) is 0 Å². The summed E-state index contributed by atoms with van der Waals surface area (Å²) in [5.74, 6) is -0.558. The SMILES string of the molecule is COCCN(Cc1nccs1)C(=O)C[C@H]1C(=O)N(C)C(=O)N1C. The van der Waals surface area contributed by atoms with Gasteiger partial charge < -0.3 is 14.5 Å². The maximum atomic E-state index is 12.6. The minimum Gasteiger partial charge on any atom is -0.383 e. The molecule has 1 aromatic rings.